The number of hydrogen-bond acceptors (Lipinski definition) is 18. The number of thioether (sulfide) groups is 4. The molecule has 4 aromatic rings. The number of carbonyl (C=O) groups excluding carboxylic acids is 2. The number of esters is 2. The summed E-state index contributed by atoms with van der Waals surface area (Å²) in [5.74, 6) is 6.09. The van der Waals surface area contributed by atoms with E-state index in [1.165, 1.54) is 0 Å². The molecule has 2 saturated heterocycles. The van der Waals surface area contributed by atoms with Crippen LogP contribution in [0.25, 0.3) is 0 Å². The molecule has 2 heterocycles. The summed E-state index contributed by atoms with van der Waals surface area (Å²) >= 11 is 7.42. The predicted octanol–water partition coefficient (Wildman–Crippen LogP) is 10.1. The largest absolute Gasteiger partial charge is 0.497 e. The lowest BCUT2D eigenvalue weighted by molar-refractivity contribution is -0.188. The maximum absolute atomic E-state index is 14.9. The molecule has 6 rings (SSSR count). The maximum atomic E-state index is 14.9. The van der Waals surface area contributed by atoms with Crippen LogP contribution in [0.5, 0.6) is 46.0 Å². The summed E-state index contributed by atoms with van der Waals surface area (Å²) in [4.78, 5) is 34.5. The summed E-state index contributed by atoms with van der Waals surface area (Å²) in [6, 6.07) is 22.7. The van der Waals surface area contributed by atoms with Crippen LogP contribution in [0.4, 0.5) is 0 Å². The standard InChI is InChI=1S/C54H72N2O12S4/c1-51(39-29-41(59-5)33-42(30-39)60-6,35-55(53(3)69-23-13-24-70-53)21-19-37-15-17-45(63-9)47(27-37)65-11)67-49(57)50(58)68-52(2,40-31-43(61-7)34-44(32-40)62-8)36-56(54(4)71-25-14-26-72-54)22-20-38-16-18-46(64-10)48(28-38)66-12/h15-18,27-34H,13-14,19-26,35-36H2,1-12H3. The number of rotatable bonds is 24. The van der Waals surface area contributed by atoms with Gasteiger partial charge in [-0.2, -0.15) is 0 Å². The van der Waals surface area contributed by atoms with Gasteiger partial charge in [0.15, 0.2) is 23.0 Å². The SMILES string of the molecule is COc1cc(OC)cc(C(C)(CN(CCc2ccc(OC)c(OC)c2)C2(C)SCCCS2)OC(=O)C(=O)OC(C)(CN(CCc2ccc(OC)c(OC)c2)C2(C)SCCCS2)c2cc(OC)cc(OC)c2)c1. The molecule has 14 nitrogen and oxygen atoms in total. The van der Waals surface area contributed by atoms with Gasteiger partial charge in [0.1, 0.15) is 42.6 Å². The second kappa shape index (κ2) is 25.7. The number of nitrogens with zero attached hydrogens (tertiary/aromatic N) is 2. The fraction of sp³-hybridized carbons (Fsp3) is 0.519. The van der Waals surface area contributed by atoms with Gasteiger partial charge < -0.3 is 47.4 Å². The molecule has 72 heavy (non-hydrogen) atoms. The van der Waals surface area contributed by atoms with Crippen molar-refractivity contribution in [1.82, 2.24) is 9.80 Å². The van der Waals surface area contributed by atoms with Crippen LogP contribution in [0, 0.1) is 0 Å². The predicted molar refractivity (Wildman–Crippen MR) is 292 cm³/mol. The zero-order chi connectivity index (χ0) is 52.1. The molecule has 18 heteroatoms. The van der Waals surface area contributed by atoms with Crippen molar-refractivity contribution in [2.75, 3.05) is 106 Å². The molecule has 2 fully saturated rings. The van der Waals surface area contributed by atoms with Gasteiger partial charge in [0, 0.05) is 49.4 Å². The van der Waals surface area contributed by atoms with Crippen LogP contribution in [0.15, 0.2) is 72.8 Å². The highest BCUT2D eigenvalue weighted by molar-refractivity contribution is 8.19. The lowest BCUT2D eigenvalue weighted by Crippen LogP contribution is -2.53. The highest BCUT2D eigenvalue weighted by atomic mass is 32.2. The average molecular weight is 1070 g/mol. The van der Waals surface area contributed by atoms with E-state index in [2.05, 4.69) is 23.6 Å². The van der Waals surface area contributed by atoms with E-state index in [0.717, 1.165) is 47.0 Å². The van der Waals surface area contributed by atoms with Gasteiger partial charge in [-0.25, -0.2) is 9.59 Å². The van der Waals surface area contributed by atoms with E-state index in [1.54, 1.807) is 69.0 Å². The Kier molecular flexibility index (Phi) is 20.3. The number of ether oxygens (including phenoxy) is 10. The van der Waals surface area contributed by atoms with Crippen molar-refractivity contribution in [3.63, 3.8) is 0 Å². The first kappa shape index (κ1) is 56.8. The van der Waals surface area contributed by atoms with Gasteiger partial charge in [0.05, 0.1) is 56.9 Å². The van der Waals surface area contributed by atoms with E-state index in [4.69, 9.17) is 47.4 Å². The van der Waals surface area contributed by atoms with Crippen LogP contribution in [0.1, 0.15) is 62.8 Å². The first-order valence-electron chi connectivity index (χ1n) is 23.9. The molecule has 0 saturated carbocycles. The van der Waals surface area contributed by atoms with E-state index in [0.29, 0.717) is 83.1 Å². The van der Waals surface area contributed by atoms with Gasteiger partial charge in [-0.1, -0.05) is 12.1 Å². The number of benzene rings is 4. The Hall–Kier alpha value is -4.46. The lowest BCUT2D eigenvalue weighted by atomic mass is 9.93. The number of hydrogen-bond donors (Lipinski definition) is 0. The molecule has 2 aliphatic rings. The second-order valence-electron chi connectivity index (χ2n) is 18.1. The van der Waals surface area contributed by atoms with Crippen molar-refractivity contribution in [3.05, 3.63) is 95.1 Å². The maximum Gasteiger partial charge on any atom is 0.418 e. The molecule has 4 aromatic carbocycles. The van der Waals surface area contributed by atoms with Crippen molar-refractivity contribution in [3.8, 4) is 46.0 Å². The van der Waals surface area contributed by atoms with E-state index < -0.39 is 31.5 Å². The van der Waals surface area contributed by atoms with Crippen molar-refractivity contribution in [2.24, 2.45) is 0 Å². The molecule has 0 N–H and O–H groups in total. The third-order valence-electron chi connectivity index (χ3n) is 13.2. The molecule has 0 aliphatic carbocycles. The zero-order valence-corrected chi connectivity index (χ0v) is 47.1. The molecular formula is C54H72N2O12S4. The third kappa shape index (κ3) is 14.0. The Morgan fingerprint density at radius 1 is 0.472 bits per heavy atom. The molecule has 0 amide bonds. The van der Waals surface area contributed by atoms with Crippen LogP contribution in [-0.2, 0) is 43.1 Å². The minimum Gasteiger partial charge on any atom is -0.497 e. The van der Waals surface area contributed by atoms with E-state index in [1.807, 2.05) is 122 Å². The Bertz CT molecular complexity index is 2240. The molecule has 0 radical (unpaired) electrons. The lowest BCUT2D eigenvalue weighted by Gasteiger charge is -2.47. The van der Waals surface area contributed by atoms with Crippen molar-refractivity contribution >= 4 is 59.0 Å². The van der Waals surface area contributed by atoms with Gasteiger partial charge in [-0.05, 0) is 136 Å². The van der Waals surface area contributed by atoms with Gasteiger partial charge in [0.2, 0.25) is 0 Å². The smallest absolute Gasteiger partial charge is 0.418 e. The summed E-state index contributed by atoms with van der Waals surface area (Å²) in [5, 5.41) is 0. The summed E-state index contributed by atoms with van der Waals surface area (Å²) in [5.41, 5.74) is 0.352. The van der Waals surface area contributed by atoms with Gasteiger partial charge in [-0.15, -0.1) is 47.0 Å². The van der Waals surface area contributed by atoms with Crippen LogP contribution in [0.2, 0.25) is 0 Å². The highest BCUT2D eigenvalue weighted by Gasteiger charge is 2.46. The van der Waals surface area contributed by atoms with Crippen molar-refractivity contribution < 1.29 is 57.0 Å². The molecule has 2 unspecified atom stereocenters. The van der Waals surface area contributed by atoms with Crippen LogP contribution in [0.3, 0.4) is 0 Å². The third-order valence-corrected chi connectivity index (χ3v) is 19.7. The molecule has 394 valence electrons. The van der Waals surface area contributed by atoms with Crippen LogP contribution < -0.4 is 37.9 Å². The molecule has 2 atom stereocenters. The molecule has 0 bridgehead atoms. The van der Waals surface area contributed by atoms with Gasteiger partial charge >= 0.3 is 11.9 Å². The first-order chi connectivity index (χ1) is 34.5. The quantitative estimate of drug-likeness (QED) is 0.0486. The van der Waals surface area contributed by atoms with Gasteiger partial charge in [-0.3, -0.25) is 9.80 Å². The zero-order valence-electron chi connectivity index (χ0n) is 43.8. The Morgan fingerprint density at radius 2 is 0.792 bits per heavy atom. The Balaban J connectivity index is 1.39. The molecule has 2 aliphatic heterocycles. The molecule has 0 spiro atoms. The summed E-state index contributed by atoms with van der Waals surface area (Å²) in [7, 11) is 12.8. The first-order valence-corrected chi connectivity index (χ1v) is 27.9. The monoisotopic (exact) mass is 1070 g/mol. The van der Waals surface area contributed by atoms with Crippen LogP contribution >= 0.6 is 47.0 Å². The molecule has 0 aromatic heterocycles. The van der Waals surface area contributed by atoms with Crippen molar-refractivity contribution in [2.45, 2.75) is 73.0 Å². The van der Waals surface area contributed by atoms with Gasteiger partial charge in [0.25, 0.3) is 0 Å². The Morgan fingerprint density at radius 3 is 1.08 bits per heavy atom. The summed E-state index contributed by atoms with van der Waals surface area (Å²) in [6.45, 7) is 9.65. The highest BCUT2D eigenvalue weighted by Crippen LogP contribution is 2.48. The fourth-order valence-corrected chi connectivity index (χ4v) is 14.9. The molecular weight excluding hydrogens is 997 g/mol. The van der Waals surface area contributed by atoms with E-state index >= 15 is 0 Å². The minimum absolute atomic E-state index is 0.202. The van der Waals surface area contributed by atoms with E-state index in [9.17, 15) is 9.59 Å². The minimum atomic E-state index is -1.44. The average Bonchev–Trinajstić information content (AvgIpc) is 3.40. The second-order valence-corrected chi connectivity index (χ2v) is 24.5. The Labute approximate surface area is 443 Å². The number of methoxy groups -OCH3 is 8. The van der Waals surface area contributed by atoms with E-state index in [-0.39, 0.29) is 13.1 Å². The number of carbonyl (C=O) groups is 2. The summed E-state index contributed by atoms with van der Waals surface area (Å²) in [6.07, 6.45) is 3.43. The van der Waals surface area contributed by atoms with Crippen LogP contribution in [-0.4, -0.2) is 136 Å². The summed E-state index contributed by atoms with van der Waals surface area (Å²) < 4.78 is 57.8. The fourth-order valence-electron chi connectivity index (χ4n) is 8.88. The van der Waals surface area contributed by atoms with Crippen molar-refractivity contribution in [1.29, 1.82) is 0 Å². The topological polar surface area (TPSA) is 133 Å². The normalized spacial score (nSPS) is 16.9.